The molecule has 1 aliphatic rings. The number of rotatable bonds is 7. The second-order valence-electron chi connectivity index (χ2n) is 9.05. The molecule has 0 saturated heterocycles. The maximum Gasteiger partial charge on any atom is 0.255 e. The lowest BCUT2D eigenvalue weighted by Gasteiger charge is -2.28. The van der Waals surface area contributed by atoms with E-state index in [-0.39, 0.29) is 18.4 Å². The van der Waals surface area contributed by atoms with Crippen LogP contribution in [0.4, 0.5) is 11.4 Å². The molecule has 0 saturated carbocycles. The predicted octanol–water partition coefficient (Wildman–Crippen LogP) is 4.75. The molecule has 2 aromatic carbocycles. The van der Waals surface area contributed by atoms with Crippen LogP contribution in [-0.4, -0.2) is 39.2 Å². The van der Waals surface area contributed by atoms with E-state index in [1.165, 1.54) is 14.2 Å². The van der Waals surface area contributed by atoms with Crippen LogP contribution in [0.5, 0.6) is 17.2 Å². The molecule has 0 radical (unpaired) electrons. The van der Waals surface area contributed by atoms with Crippen molar-refractivity contribution in [2.24, 2.45) is 11.3 Å². The Bertz CT molecular complexity index is 978. The van der Waals surface area contributed by atoms with E-state index in [2.05, 4.69) is 19.2 Å². The normalized spacial score (nSPS) is 15.0. The molecule has 0 unspecified atom stereocenters. The van der Waals surface area contributed by atoms with Crippen molar-refractivity contribution >= 4 is 23.2 Å². The number of nitrogens with zero attached hydrogens (tertiary/aromatic N) is 1. The maximum atomic E-state index is 13.2. The summed E-state index contributed by atoms with van der Waals surface area (Å²) in [5.74, 6) is 1.84. The molecule has 3 rings (SSSR count). The molecule has 0 aromatic heterocycles. The third-order valence-electron chi connectivity index (χ3n) is 5.46. The number of carbonyl (C=O) groups excluding carboxylic acids is 2. The average molecular weight is 441 g/mol. The van der Waals surface area contributed by atoms with Crippen LogP contribution in [-0.2, 0) is 4.79 Å². The van der Waals surface area contributed by atoms with Gasteiger partial charge in [-0.3, -0.25) is 9.59 Å². The number of benzene rings is 2. The van der Waals surface area contributed by atoms with Gasteiger partial charge in [0.15, 0.2) is 0 Å². The first-order valence-corrected chi connectivity index (χ1v) is 10.8. The predicted molar refractivity (Wildman–Crippen MR) is 125 cm³/mol. The molecule has 7 heteroatoms. The molecule has 0 atom stereocenters. The van der Waals surface area contributed by atoms with Crippen LogP contribution >= 0.6 is 0 Å². The quantitative estimate of drug-likeness (QED) is 0.672. The topological polar surface area (TPSA) is 77.1 Å². The maximum absolute atomic E-state index is 13.2. The smallest absolute Gasteiger partial charge is 0.255 e. The minimum absolute atomic E-state index is 0.0390. The molecule has 1 aliphatic heterocycles. The molecule has 0 bridgehead atoms. The highest BCUT2D eigenvalue weighted by Crippen LogP contribution is 2.38. The Labute approximate surface area is 189 Å². The van der Waals surface area contributed by atoms with Gasteiger partial charge in [-0.1, -0.05) is 13.8 Å². The standard InChI is InChI=1S/C25H32N2O5/c1-16(2)9-10-27-21-8-7-18(13-22(21)32-15-25(3,4)24(27)29)26-23(28)17-11-19(30-5)14-20(12-17)31-6/h7-8,11-14,16H,9-10,15H2,1-6H3,(H,26,28). The van der Waals surface area contributed by atoms with E-state index < -0.39 is 5.41 Å². The monoisotopic (exact) mass is 440 g/mol. The van der Waals surface area contributed by atoms with Crippen molar-refractivity contribution < 1.29 is 23.8 Å². The van der Waals surface area contributed by atoms with E-state index in [1.807, 2.05) is 19.9 Å². The lowest BCUT2D eigenvalue weighted by Crippen LogP contribution is -2.42. The Kier molecular flexibility index (Phi) is 6.96. The number of hydrogen-bond donors (Lipinski definition) is 1. The molecule has 7 nitrogen and oxygen atoms in total. The van der Waals surface area contributed by atoms with Crippen molar-refractivity contribution in [3.8, 4) is 17.2 Å². The Morgan fingerprint density at radius 1 is 1.12 bits per heavy atom. The number of carbonyl (C=O) groups is 2. The third-order valence-corrected chi connectivity index (χ3v) is 5.46. The number of ether oxygens (including phenoxy) is 3. The average Bonchev–Trinajstić information content (AvgIpc) is 2.86. The molecule has 2 aromatic rings. The van der Waals surface area contributed by atoms with Gasteiger partial charge in [0.1, 0.15) is 23.9 Å². The number of anilines is 2. The van der Waals surface area contributed by atoms with Gasteiger partial charge in [-0.15, -0.1) is 0 Å². The fraction of sp³-hybridized carbons (Fsp3) is 0.440. The molecule has 1 N–H and O–H groups in total. The molecular weight excluding hydrogens is 408 g/mol. The molecule has 172 valence electrons. The Morgan fingerprint density at radius 3 is 2.38 bits per heavy atom. The fourth-order valence-corrected chi connectivity index (χ4v) is 3.48. The second kappa shape index (κ2) is 9.51. The summed E-state index contributed by atoms with van der Waals surface area (Å²) >= 11 is 0. The number of amides is 2. The molecular formula is C25H32N2O5. The molecule has 2 amide bonds. The highest BCUT2D eigenvalue weighted by atomic mass is 16.5. The number of fused-ring (bicyclic) bond motifs is 1. The Balaban J connectivity index is 1.88. The van der Waals surface area contributed by atoms with E-state index in [0.29, 0.717) is 41.0 Å². The summed E-state index contributed by atoms with van der Waals surface area (Å²) in [6.45, 7) is 8.94. The zero-order valence-corrected chi connectivity index (χ0v) is 19.7. The van der Waals surface area contributed by atoms with Crippen molar-refractivity contribution in [3.63, 3.8) is 0 Å². The summed E-state index contributed by atoms with van der Waals surface area (Å²) in [6.07, 6.45) is 0.886. The highest BCUT2D eigenvalue weighted by molar-refractivity contribution is 6.05. The van der Waals surface area contributed by atoms with Gasteiger partial charge in [0.05, 0.1) is 25.3 Å². The zero-order valence-electron chi connectivity index (χ0n) is 19.7. The molecule has 0 spiro atoms. The summed E-state index contributed by atoms with van der Waals surface area (Å²) in [4.78, 5) is 27.8. The lowest BCUT2D eigenvalue weighted by molar-refractivity contribution is -0.127. The van der Waals surface area contributed by atoms with Crippen molar-refractivity contribution in [2.45, 2.75) is 34.1 Å². The van der Waals surface area contributed by atoms with Gasteiger partial charge in [-0.25, -0.2) is 0 Å². The van der Waals surface area contributed by atoms with Crippen molar-refractivity contribution in [1.82, 2.24) is 0 Å². The second-order valence-corrected chi connectivity index (χ2v) is 9.05. The van der Waals surface area contributed by atoms with Gasteiger partial charge >= 0.3 is 0 Å². The van der Waals surface area contributed by atoms with Gasteiger partial charge in [-0.2, -0.15) is 0 Å². The first kappa shape index (κ1) is 23.4. The molecule has 32 heavy (non-hydrogen) atoms. The van der Waals surface area contributed by atoms with E-state index >= 15 is 0 Å². The summed E-state index contributed by atoms with van der Waals surface area (Å²) in [5.41, 5.74) is 1.07. The Hall–Kier alpha value is -3.22. The summed E-state index contributed by atoms with van der Waals surface area (Å²) in [5, 5.41) is 2.89. The van der Waals surface area contributed by atoms with E-state index in [1.54, 1.807) is 35.2 Å². The summed E-state index contributed by atoms with van der Waals surface area (Å²) in [6, 6.07) is 10.4. The van der Waals surface area contributed by atoms with Crippen LogP contribution < -0.4 is 24.4 Å². The number of methoxy groups -OCH3 is 2. The first-order chi connectivity index (χ1) is 15.1. The number of nitrogens with one attached hydrogen (secondary N) is 1. The van der Waals surface area contributed by atoms with Crippen LogP contribution in [0.25, 0.3) is 0 Å². The van der Waals surface area contributed by atoms with E-state index in [0.717, 1.165) is 12.1 Å². The summed E-state index contributed by atoms with van der Waals surface area (Å²) in [7, 11) is 3.07. The summed E-state index contributed by atoms with van der Waals surface area (Å²) < 4.78 is 16.5. The molecule has 1 heterocycles. The van der Waals surface area contributed by atoms with E-state index in [4.69, 9.17) is 14.2 Å². The van der Waals surface area contributed by atoms with E-state index in [9.17, 15) is 9.59 Å². The van der Waals surface area contributed by atoms with Gasteiger partial charge in [0, 0.05) is 29.9 Å². The highest BCUT2D eigenvalue weighted by Gasteiger charge is 2.37. The third kappa shape index (κ3) is 5.15. The van der Waals surface area contributed by atoms with Crippen LogP contribution in [0.1, 0.15) is 44.5 Å². The van der Waals surface area contributed by atoms with Gasteiger partial charge in [0.2, 0.25) is 5.91 Å². The SMILES string of the molecule is COc1cc(OC)cc(C(=O)Nc2ccc3c(c2)OCC(C)(C)C(=O)N3CCC(C)C)c1. The van der Waals surface area contributed by atoms with Crippen LogP contribution in [0.2, 0.25) is 0 Å². The zero-order chi connectivity index (χ0) is 23.5. The Morgan fingerprint density at radius 2 is 1.78 bits per heavy atom. The van der Waals surface area contributed by atoms with Crippen molar-refractivity contribution in [3.05, 3.63) is 42.0 Å². The fourth-order valence-electron chi connectivity index (χ4n) is 3.48. The first-order valence-electron chi connectivity index (χ1n) is 10.8. The van der Waals surface area contributed by atoms with Gasteiger partial charge < -0.3 is 24.4 Å². The van der Waals surface area contributed by atoms with Gasteiger partial charge in [0.25, 0.3) is 5.91 Å². The minimum Gasteiger partial charge on any atom is -0.497 e. The van der Waals surface area contributed by atoms with Crippen LogP contribution in [0.3, 0.4) is 0 Å². The molecule has 0 fully saturated rings. The van der Waals surface area contributed by atoms with Crippen molar-refractivity contribution in [2.75, 3.05) is 37.6 Å². The largest absolute Gasteiger partial charge is 0.497 e. The number of hydrogen-bond acceptors (Lipinski definition) is 5. The minimum atomic E-state index is -0.642. The lowest BCUT2D eigenvalue weighted by atomic mass is 9.92. The van der Waals surface area contributed by atoms with Crippen LogP contribution in [0, 0.1) is 11.3 Å². The van der Waals surface area contributed by atoms with Crippen LogP contribution in [0.15, 0.2) is 36.4 Å². The van der Waals surface area contributed by atoms with Crippen molar-refractivity contribution in [1.29, 1.82) is 0 Å². The molecule has 0 aliphatic carbocycles. The van der Waals surface area contributed by atoms with Gasteiger partial charge in [-0.05, 0) is 50.5 Å².